The van der Waals surface area contributed by atoms with Crippen molar-refractivity contribution in [2.75, 3.05) is 11.1 Å². The van der Waals surface area contributed by atoms with Crippen LogP contribution in [-0.2, 0) is 9.59 Å². The summed E-state index contributed by atoms with van der Waals surface area (Å²) in [4.78, 5) is 23.7. The van der Waals surface area contributed by atoms with E-state index in [4.69, 9.17) is 0 Å². The number of hydrogen-bond donors (Lipinski definition) is 2. The van der Waals surface area contributed by atoms with Crippen LogP contribution in [0.3, 0.4) is 0 Å². The molecule has 2 N–H and O–H groups in total. The SMILES string of the molecule is CC[C@H](C)C(=O)Nc1nnc(SCC(=O)NC2CCCCC2)s1. The highest BCUT2D eigenvalue weighted by molar-refractivity contribution is 8.01. The standard InChI is InChI=1S/C15H24N4O2S2/c1-3-10(2)13(21)17-14-18-19-15(23-14)22-9-12(20)16-11-7-5-4-6-8-11/h10-11H,3-9H2,1-2H3,(H,16,20)(H,17,18,21)/t10-/m0/s1. The summed E-state index contributed by atoms with van der Waals surface area (Å²) in [7, 11) is 0. The molecule has 1 aromatic rings. The summed E-state index contributed by atoms with van der Waals surface area (Å²) in [6.07, 6.45) is 6.63. The van der Waals surface area contributed by atoms with Crippen LogP contribution in [0.25, 0.3) is 0 Å². The van der Waals surface area contributed by atoms with Crippen LogP contribution in [0.1, 0.15) is 52.4 Å². The van der Waals surface area contributed by atoms with Gasteiger partial charge in [0.1, 0.15) is 0 Å². The Morgan fingerprint density at radius 1 is 1.30 bits per heavy atom. The highest BCUT2D eigenvalue weighted by atomic mass is 32.2. The smallest absolute Gasteiger partial charge is 0.230 e. The lowest BCUT2D eigenvalue weighted by molar-refractivity contribution is -0.120. The van der Waals surface area contributed by atoms with Gasteiger partial charge in [0.05, 0.1) is 5.75 Å². The number of anilines is 1. The van der Waals surface area contributed by atoms with E-state index in [9.17, 15) is 9.59 Å². The zero-order chi connectivity index (χ0) is 16.7. The van der Waals surface area contributed by atoms with Gasteiger partial charge in [-0.05, 0) is 19.3 Å². The van der Waals surface area contributed by atoms with E-state index in [2.05, 4.69) is 20.8 Å². The van der Waals surface area contributed by atoms with Gasteiger partial charge in [-0.25, -0.2) is 0 Å². The first kappa shape index (κ1) is 18.2. The molecular formula is C15H24N4O2S2. The molecule has 0 aliphatic heterocycles. The Labute approximate surface area is 145 Å². The quantitative estimate of drug-likeness (QED) is 0.579. The lowest BCUT2D eigenvalue weighted by Crippen LogP contribution is -2.37. The minimum absolute atomic E-state index is 0.0438. The highest BCUT2D eigenvalue weighted by Crippen LogP contribution is 2.26. The lowest BCUT2D eigenvalue weighted by atomic mass is 9.95. The van der Waals surface area contributed by atoms with Gasteiger partial charge >= 0.3 is 0 Å². The molecule has 1 aliphatic rings. The van der Waals surface area contributed by atoms with Crippen LogP contribution in [0.5, 0.6) is 0 Å². The van der Waals surface area contributed by atoms with E-state index in [0.717, 1.165) is 19.3 Å². The van der Waals surface area contributed by atoms with Crippen molar-refractivity contribution in [1.82, 2.24) is 15.5 Å². The molecule has 0 radical (unpaired) electrons. The Kier molecular flexibility index (Phi) is 7.29. The Morgan fingerprint density at radius 3 is 2.74 bits per heavy atom. The molecular weight excluding hydrogens is 332 g/mol. The van der Waals surface area contributed by atoms with Crippen LogP contribution in [0.4, 0.5) is 5.13 Å². The van der Waals surface area contributed by atoms with Gasteiger partial charge in [-0.2, -0.15) is 0 Å². The maximum atomic E-state index is 12.0. The second kappa shape index (κ2) is 9.22. The number of nitrogens with zero attached hydrogens (tertiary/aromatic N) is 2. The lowest BCUT2D eigenvalue weighted by Gasteiger charge is -2.22. The number of carbonyl (C=O) groups excluding carboxylic acids is 2. The van der Waals surface area contributed by atoms with Crippen molar-refractivity contribution in [3.63, 3.8) is 0 Å². The molecule has 1 atom stereocenters. The van der Waals surface area contributed by atoms with E-state index in [1.807, 2.05) is 13.8 Å². The monoisotopic (exact) mass is 356 g/mol. The zero-order valence-electron chi connectivity index (χ0n) is 13.6. The van der Waals surface area contributed by atoms with Gasteiger partial charge < -0.3 is 10.6 Å². The fourth-order valence-electron chi connectivity index (χ4n) is 2.38. The molecule has 1 fully saturated rings. The topological polar surface area (TPSA) is 84.0 Å². The van der Waals surface area contributed by atoms with Crippen LogP contribution in [-0.4, -0.2) is 33.8 Å². The average molecular weight is 357 g/mol. The molecule has 1 aromatic heterocycles. The third kappa shape index (κ3) is 6.10. The second-order valence-electron chi connectivity index (χ2n) is 5.86. The summed E-state index contributed by atoms with van der Waals surface area (Å²) in [5, 5.41) is 14.3. The largest absolute Gasteiger partial charge is 0.353 e. The Hall–Kier alpha value is -1.15. The van der Waals surface area contributed by atoms with Crippen molar-refractivity contribution in [2.24, 2.45) is 5.92 Å². The summed E-state index contributed by atoms with van der Waals surface area (Å²) >= 11 is 2.67. The van der Waals surface area contributed by atoms with E-state index in [0.29, 0.717) is 21.3 Å². The van der Waals surface area contributed by atoms with Crippen LogP contribution >= 0.6 is 23.1 Å². The molecule has 0 spiro atoms. The van der Waals surface area contributed by atoms with Crippen LogP contribution in [0.2, 0.25) is 0 Å². The predicted molar refractivity (Wildman–Crippen MR) is 93.7 cm³/mol. The summed E-state index contributed by atoms with van der Waals surface area (Å²) in [6.45, 7) is 3.85. The van der Waals surface area contributed by atoms with Gasteiger partial charge in [0.15, 0.2) is 4.34 Å². The number of carbonyl (C=O) groups is 2. The average Bonchev–Trinajstić information content (AvgIpc) is 3.00. The number of nitrogens with one attached hydrogen (secondary N) is 2. The summed E-state index contributed by atoms with van der Waals surface area (Å²) < 4.78 is 0.697. The minimum atomic E-state index is -0.0461. The first-order valence-electron chi connectivity index (χ1n) is 8.15. The van der Waals surface area contributed by atoms with Gasteiger partial charge in [-0.3, -0.25) is 9.59 Å². The summed E-state index contributed by atoms with van der Waals surface area (Å²) in [6, 6.07) is 0.330. The molecule has 0 bridgehead atoms. The van der Waals surface area contributed by atoms with E-state index >= 15 is 0 Å². The summed E-state index contributed by atoms with van der Waals surface area (Å²) in [5.74, 6) is 0.290. The second-order valence-corrected chi connectivity index (χ2v) is 8.06. The van der Waals surface area contributed by atoms with Gasteiger partial charge in [0, 0.05) is 12.0 Å². The Morgan fingerprint density at radius 2 is 2.04 bits per heavy atom. The molecule has 0 aromatic carbocycles. The predicted octanol–water partition coefficient (Wildman–Crippen LogP) is 3.06. The highest BCUT2D eigenvalue weighted by Gasteiger charge is 2.17. The maximum absolute atomic E-state index is 12.0. The van der Waals surface area contributed by atoms with Crippen molar-refractivity contribution >= 4 is 40.0 Å². The molecule has 1 aliphatic carbocycles. The number of rotatable bonds is 7. The van der Waals surface area contributed by atoms with Gasteiger partial charge in [0.2, 0.25) is 16.9 Å². The molecule has 128 valence electrons. The van der Waals surface area contributed by atoms with Gasteiger partial charge in [-0.1, -0.05) is 56.2 Å². The number of amides is 2. The van der Waals surface area contributed by atoms with Crippen LogP contribution in [0, 0.1) is 5.92 Å². The number of hydrogen-bond acceptors (Lipinski definition) is 6. The van der Waals surface area contributed by atoms with Crippen molar-refractivity contribution in [1.29, 1.82) is 0 Å². The zero-order valence-corrected chi connectivity index (χ0v) is 15.3. The fourth-order valence-corrected chi connectivity index (χ4v) is 3.94. The molecule has 0 saturated heterocycles. The number of aromatic nitrogens is 2. The third-order valence-electron chi connectivity index (χ3n) is 3.99. The van der Waals surface area contributed by atoms with Crippen molar-refractivity contribution in [3.8, 4) is 0 Å². The van der Waals surface area contributed by atoms with E-state index in [1.165, 1.54) is 42.4 Å². The molecule has 2 amide bonds. The van der Waals surface area contributed by atoms with E-state index < -0.39 is 0 Å². The first-order chi connectivity index (χ1) is 11.1. The molecule has 1 saturated carbocycles. The molecule has 6 nitrogen and oxygen atoms in total. The maximum Gasteiger partial charge on any atom is 0.230 e. The molecule has 1 heterocycles. The Balaban J connectivity index is 1.73. The third-order valence-corrected chi connectivity index (χ3v) is 5.97. The summed E-state index contributed by atoms with van der Waals surface area (Å²) in [5.41, 5.74) is 0. The van der Waals surface area contributed by atoms with Crippen LogP contribution < -0.4 is 10.6 Å². The van der Waals surface area contributed by atoms with E-state index in [-0.39, 0.29) is 17.7 Å². The van der Waals surface area contributed by atoms with Crippen molar-refractivity contribution in [2.45, 2.75) is 62.8 Å². The Bertz CT molecular complexity index is 529. The molecule has 23 heavy (non-hydrogen) atoms. The molecule has 0 unspecified atom stereocenters. The number of thioether (sulfide) groups is 1. The normalized spacial score (nSPS) is 16.8. The van der Waals surface area contributed by atoms with Gasteiger partial charge in [-0.15, -0.1) is 10.2 Å². The minimum Gasteiger partial charge on any atom is -0.353 e. The van der Waals surface area contributed by atoms with E-state index in [1.54, 1.807) is 0 Å². The first-order valence-corrected chi connectivity index (χ1v) is 9.95. The van der Waals surface area contributed by atoms with Crippen molar-refractivity contribution in [3.05, 3.63) is 0 Å². The molecule has 8 heteroatoms. The van der Waals surface area contributed by atoms with Crippen molar-refractivity contribution < 1.29 is 9.59 Å². The fraction of sp³-hybridized carbons (Fsp3) is 0.733. The van der Waals surface area contributed by atoms with Gasteiger partial charge in [0.25, 0.3) is 0 Å². The molecule has 2 rings (SSSR count). The van der Waals surface area contributed by atoms with Crippen LogP contribution in [0.15, 0.2) is 4.34 Å².